The van der Waals surface area contributed by atoms with Crippen LogP contribution in [-0.2, 0) is 28.7 Å². The minimum Gasteiger partial charge on any atom is -0.463 e. The Hall–Kier alpha value is -2.58. The highest BCUT2D eigenvalue weighted by Gasteiger charge is 2.56. The monoisotopic (exact) mass is 529 g/mol. The third-order valence-electron chi connectivity index (χ3n) is 8.36. The van der Waals surface area contributed by atoms with Crippen LogP contribution in [0.2, 0.25) is 0 Å². The minimum atomic E-state index is -1.41. The molecular weight excluding hydrogens is 486 g/mol. The normalized spacial score (nSPS) is 31.6. The summed E-state index contributed by atoms with van der Waals surface area (Å²) in [7, 11) is 0. The van der Waals surface area contributed by atoms with Gasteiger partial charge in [0.1, 0.15) is 6.61 Å². The van der Waals surface area contributed by atoms with Crippen molar-refractivity contribution in [2.24, 2.45) is 35.5 Å². The number of rotatable bonds is 13. The number of esters is 1. The summed E-state index contributed by atoms with van der Waals surface area (Å²) in [5.41, 5.74) is -1.32. The van der Waals surface area contributed by atoms with E-state index in [0.29, 0.717) is 26.1 Å². The number of ether oxygens (including phenoxy) is 2. The van der Waals surface area contributed by atoms with Crippen LogP contribution in [0, 0.1) is 35.5 Å². The zero-order valence-corrected chi connectivity index (χ0v) is 23.2. The maximum Gasteiger partial charge on any atom is 0.309 e. The van der Waals surface area contributed by atoms with Crippen LogP contribution in [0.4, 0.5) is 0 Å². The van der Waals surface area contributed by atoms with Crippen molar-refractivity contribution >= 4 is 23.6 Å². The van der Waals surface area contributed by atoms with Crippen molar-refractivity contribution in [3.05, 3.63) is 36.0 Å². The summed E-state index contributed by atoms with van der Waals surface area (Å²) in [5.74, 6) is -4.63. The van der Waals surface area contributed by atoms with E-state index in [0.717, 1.165) is 19.3 Å². The first-order valence-electron chi connectivity index (χ1n) is 14.0. The fourth-order valence-corrected chi connectivity index (χ4v) is 6.58. The first-order chi connectivity index (χ1) is 18.1. The van der Waals surface area contributed by atoms with Crippen molar-refractivity contribution in [2.45, 2.75) is 71.8 Å². The van der Waals surface area contributed by atoms with Gasteiger partial charge < -0.3 is 14.6 Å². The van der Waals surface area contributed by atoms with Gasteiger partial charge >= 0.3 is 5.97 Å². The summed E-state index contributed by atoms with van der Waals surface area (Å²) >= 11 is 0. The average molecular weight is 530 g/mol. The molecule has 8 heteroatoms. The zero-order chi connectivity index (χ0) is 28.0. The smallest absolute Gasteiger partial charge is 0.309 e. The predicted octanol–water partition coefficient (Wildman–Crippen LogP) is 3.69. The third-order valence-corrected chi connectivity index (χ3v) is 8.36. The van der Waals surface area contributed by atoms with E-state index in [1.165, 1.54) is 0 Å². The van der Waals surface area contributed by atoms with E-state index < -0.39 is 46.9 Å². The Balaban J connectivity index is 1.89. The Morgan fingerprint density at radius 2 is 1.95 bits per heavy atom. The van der Waals surface area contributed by atoms with Crippen LogP contribution in [0.5, 0.6) is 0 Å². The lowest BCUT2D eigenvalue weighted by atomic mass is 9.55. The molecule has 1 saturated carbocycles. The second-order valence-corrected chi connectivity index (χ2v) is 11.0. The Kier molecular flexibility index (Phi) is 10.2. The number of carbonyl (C=O) groups is 4. The second kappa shape index (κ2) is 13.0. The lowest BCUT2D eigenvalue weighted by Gasteiger charge is -2.51. The molecule has 7 unspecified atom stereocenters. The number of aliphatic hydroxyl groups is 1. The molecule has 2 N–H and O–H groups in total. The van der Waals surface area contributed by atoms with Gasteiger partial charge in [-0.3, -0.25) is 24.5 Å². The van der Waals surface area contributed by atoms with Crippen molar-refractivity contribution < 1.29 is 33.8 Å². The molecule has 1 fully saturated rings. The molecule has 3 aliphatic rings. The van der Waals surface area contributed by atoms with Crippen molar-refractivity contribution in [1.82, 2.24) is 5.32 Å². The molecule has 0 aromatic rings. The molecule has 2 amide bonds. The molecule has 0 bridgehead atoms. The number of carbonyl (C=O) groups excluding carboxylic acids is 4. The van der Waals surface area contributed by atoms with Crippen LogP contribution in [0.15, 0.2) is 36.0 Å². The summed E-state index contributed by atoms with van der Waals surface area (Å²) in [4.78, 5) is 52.7. The maximum absolute atomic E-state index is 14.1. The molecular formula is C30H43NO7. The second-order valence-electron chi connectivity index (χ2n) is 11.0. The van der Waals surface area contributed by atoms with Crippen LogP contribution in [0.25, 0.3) is 0 Å². The largest absolute Gasteiger partial charge is 0.463 e. The summed E-state index contributed by atoms with van der Waals surface area (Å²) in [6.07, 6.45) is 9.17. The van der Waals surface area contributed by atoms with Crippen LogP contribution in [-0.4, -0.2) is 54.1 Å². The lowest BCUT2D eigenvalue weighted by Crippen LogP contribution is -2.56. The summed E-state index contributed by atoms with van der Waals surface area (Å²) in [6, 6.07) is 0. The first-order valence-corrected chi connectivity index (χ1v) is 14.0. The van der Waals surface area contributed by atoms with Gasteiger partial charge in [0.05, 0.1) is 23.7 Å². The molecule has 38 heavy (non-hydrogen) atoms. The van der Waals surface area contributed by atoms with Gasteiger partial charge in [0.25, 0.3) is 11.8 Å². The minimum absolute atomic E-state index is 0.101. The fourth-order valence-electron chi connectivity index (χ4n) is 6.58. The highest BCUT2D eigenvalue weighted by Crippen LogP contribution is 2.51. The summed E-state index contributed by atoms with van der Waals surface area (Å²) < 4.78 is 10.6. The first kappa shape index (κ1) is 30.0. The van der Waals surface area contributed by atoms with Gasteiger partial charge in [0.15, 0.2) is 5.78 Å². The van der Waals surface area contributed by atoms with Gasteiger partial charge in [-0.1, -0.05) is 58.3 Å². The number of allylic oxidation sites excluding steroid dienone is 2. The SMILES string of the molecule is C=CC(CCCCC)C1=C(C(=O)C2C(C)C=CC3(O)CC(C(=O)OCCOCC)CC(C)C23)C(=O)NC1=O. The number of fused-ring (bicyclic) bond motifs is 1. The van der Waals surface area contributed by atoms with E-state index in [1.807, 2.05) is 20.8 Å². The molecule has 210 valence electrons. The zero-order valence-electron chi connectivity index (χ0n) is 23.2. The van der Waals surface area contributed by atoms with E-state index in [2.05, 4.69) is 18.8 Å². The number of Topliss-reactive ketones (excluding diaryl/α,β-unsaturated/α-hetero) is 1. The summed E-state index contributed by atoms with van der Waals surface area (Å²) in [6.45, 7) is 12.6. The highest BCUT2D eigenvalue weighted by molar-refractivity contribution is 6.33. The summed E-state index contributed by atoms with van der Waals surface area (Å²) in [5, 5.41) is 14.1. The van der Waals surface area contributed by atoms with Gasteiger partial charge in [0.2, 0.25) is 0 Å². The lowest BCUT2D eigenvalue weighted by molar-refractivity contribution is -0.161. The van der Waals surface area contributed by atoms with Gasteiger partial charge in [-0.15, -0.1) is 6.58 Å². The Labute approximate surface area is 225 Å². The Bertz CT molecular complexity index is 999. The number of hydrogen-bond donors (Lipinski definition) is 2. The molecule has 0 radical (unpaired) electrons. The molecule has 0 aromatic carbocycles. The van der Waals surface area contributed by atoms with Gasteiger partial charge in [-0.2, -0.15) is 0 Å². The van der Waals surface area contributed by atoms with Crippen LogP contribution >= 0.6 is 0 Å². The Morgan fingerprint density at radius 3 is 2.61 bits per heavy atom. The van der Waals surface area contributed by atoms with E-state index in [4.69, 9.17) is 9.47 Å². The molecule has 0 aromatic heterocycles. The van der Waals surface area contributed by atoms with Crippen molar-refractivity contribution in [3.63, 3.8) is 0 Å². The van der Waals surface area contributed by atoms with E-state index in [1.54, 1.807) is 18.2 Å². The predicted molar refractivity (Wildman–Crippen MR) is 143 cm³/mol. The molecule has 1 aliphatic heterocycles. The molecule has 0 saturated heterocycles. The number of hydrogen-bond acceptors (Lipinski definition) is 7. The molecule has 8 nitrogen and oxygen atoms in total. The van der Waals surface area contributed by atoms with Crippen LogP contribution < -0.4 is 5.32 Å². The number of imide groups is 1. The van der Waals surface area contributed by atoms with Crippen LogP contribution in [0.1, 0.15) is 66.2 Å². The molecule has 3 rings (SSSR count). The number of amides is 2. The molecule has 1 heterocycles. The third kappa shape index (κ3) is 6.18. The number of nitrogens with one attached hydrogen (secondary N) is 1. The topological polar surface area (TPSA) is 119 Å². The molecule has 7 atom stereocenters. The van der Waals surface area contributed by atoms with E-state index >= 15 is 0 Å². The van der Waals surface area contributed by atoms with E-state index in [9.17, 15) is 24.3 Å². The van der Waals surface area contributed by atoms with Gasteiger partial charge in [0, 0.05) is 29.9 Å². The molecule has 2 aliphatic carbocycles. The standard InChI is InChI=1S/C30H43NO7/c1-6-9-10-11-20(7-2)23-24(28(34)31-27(23)33)26(32)22-18(4)12-13-30(36)17-21(16-19(5)25(22)30)29(35)38-15-14-37-8-3/h7,12-13,18-22,25,36H,2,6,8-11,14-17H2,1,3-5H3,(H,31,33,34). The maximum atomic E-state index is 14.1. The quantitative estimate of drug-likeness (QED) is 0.123. The number of ketones is 1. The van der Waals surface area contributed by atoms with E-state index in [-0.39, 0.29) is 42.0 Å². The fraction of sp³-hybridized carbons (Fsp3) is 0.667. The molecule has 0 spiro atoms. The van der Waals surface area contributed by atoms with Crippen molar-refractivity contribution in [2.75, 3.05) is 19.8 Å². The van der Waals surface area contributed by atoms with Crippen molar-refractivity contribution in [1.29, 1.82) is 0 Å². The Morgan fingerprint density at radius 1 is 1.21 bits per heavy atom. The average Bonchev–Trinajstić information content (AvgIpc) is 3.17. The number of unbranched alkanes of at least 4 members (excludes halogenated alkanes) is 2. The van der Waals surface area contributed by atoms with Gasteiger partial charge in [-0.25, -0.2) is 0 Å². The highest BCUT2D eigenvalue weighted by atomic mass is 16.6. The van der Waals surface area contributed by atoms with Crippen molar-refractivity contribution in [3.8, 4) is 0 Å². The van der Waals surface area contributed by atoms with Crippen LogP contribution in [0.3, 0.4) is 0 Å². The van der Waals surface area contributed by atoms with Gasteiger partial charge in [-0.05, 0) is 38.0 Å².